The molecule has 1 N–H and O–H groups in total. The van der Waals surface area contributed by atoms with Crippen molar-refractivity contribution < 1.29 is 14.2 Å². The van der Waals surface area contributed by atoms with E-state index in [2.05, 4.69) is 0 Å². The maximum absolute atomic E-state index is 12.9. The Morgan fingerprint density at radius 3 is 2.58 bits per heavy atom. The molecule has 0 aliphatic heterocycles. The zero-order chi connectivity index (χ0) is 13.8. The smallest absolute Gasteiger partial charge is 0.126 e. The Labute approximate surface area is 120 Å². The topological polar surface area (TPSA) is 29.5 Å². The Morgan fingerprint density at radius 1 is 1.11 bits per heavy atom. The summed E-state index contributed by atoms with van der Waals surface area (Å²) in [4.78, 5) is 0. The van der Waals surface area contributed by atoms with Crippen LogP contribution in [0.1, 0.15) is 11.1 Å². The molecule has 0 aliphatic carbocycles. The number of halogens is 3. The number of ether oxygens (including phenoxy) is 1. The summed E-state index contributed by atoms with van der Waals surface area (Å²) in [5.74, 6) is 0.0861. The van der Waals surface area contributed by atoms with E-state index in [1.807, 2.05) is 0 Å². The monoisotopic (exact) mass is 300 g/mol. The third-order valence-electron chi connectivity index (χ3n) is 2.63. The van der Waals surface area contributed by atoms with Gasteiger partial charge >= 0.3 is 0 Å². The van der Waals surface area contributed by atoms with E-state index in [1.54, 1.807) is 24.3 Å². The van der Waals surface area contributed by atoms with Crippen LogP contribution in [0.4, 0.5) is 4.39 Å². The Hall–Kier alpha value is -1.29. The van der Waals surface area contributed by atoms with Gasteiger partial charge in [0.2, 0.25) is 0 Å². The zero-order valence-electron chi connectivity index (χ0n) is 9.87. The van der Waals surface area contributed by atoms with Crippen LogP contribution in [0.15, 0.2) is 36.4 Å². The van der Waals surface area contributed by atoms with Gasteiger partial charge in [-0.15, -0.1) is 0 Å². The molecule has 0 spiro atoms. The van der Waals surface area contributed by atoms with E-state index in [1.165, 1.54) is 12.1 Å². The Bertz CT molecular complexity index is 588. The summed E-state index contributed by atoms with van der Waals surface area (Å²) >= 11 is 11.9. The maximum Gasteiger partial charge on any atom is 0.126 e. The van der Waals surface area contributed by atoms with Crippen molar-refractivity contribution in [3.8, 4) is 5.75 Å². The van der Waals surface area contributed by atoms with Crippen LogP contribution in [-0.2, 0) is 13.2 Å². The van der Waals surface area contributed by atoms with Crippen LogP contribution in [0.25, 0.3) is 0 Å². The van der Waals surface area contributed by atoms with Crippen LogP contribution in [0.5, 0.6) is 5.75 Å². The molecule has 0 aliphatic rings. The fraction of sp³-hybridized carbons (Fsp3) is 0.143. The van der Waals surface area contributed by atoms with Gasteiger partial charge in [0, 0.05) is 16.1 Å². The highest BCUT2D eigenvalue weighted by atomic mass is 35.5. The van der Waals surface area contributed by atoms with Crippen LogP contribution >= 0.6 is 23.2 Å². The largest absolute Gasteiger partial charge is 0.488 e. The molecule has 2 aromatic rings. The first kappa shape index (κ1) is 14.1. The summed E-state index contributed by atoms with van der Waals surface area (Å²) in [6.07, 6.45) is 0. The van der Waals surface area contributed by atoms with Gasteiger partial charge < -0.3 is 9.84 Å². The molecule has 100 valence electrons. The molecule has 0 saturated carbocycles. The van der Waals surface area contributed by atoms with Gasteiger partial charge in [0.05, 0.1) is 11.6 Å². The first-order valence-corrected chi connectivity index (χ1v) is 6.32. The van der Waals surface area contributed by atoms with Crippen LogP contribution in [-0.4, -0.2) is 5.11 Å². The summed E-state index contributed by atoms with van der Waals surface area (Å²) in [5.41, 5.74) is 1.18. The molecule has 0 aromatic heterocycles. The average molecular weight is 301 g/mol. The molecule has 0 saturated heterocycles. The van der Waals surface area contributed by atoms with Crippen molar-refractivity contribution in [1.29, 1.82) is 0 Å². The maximum atomic E-state index is 12.9. The quantitative estimate of drug-likeness (QED) is 0.917. The van der Waals surface area contributed by atoms with Crippen LogP contribution in [0, 0.1) is 5.82 Å². The van der Waals surface area contributed by atoms with E-state index in [4.69, 9.17) is 27.9 Å². The van der Waals surface area contributed by atoms with Crippen LogP contribution in [0.3, 0.4) is 0 Å². The minimum Gasteiger partial charge on any atom is -0.488 e. The van der Waals surface area contributed by atoms with Crippen LogP contribution < -0.4 is 4.74 Å². The molecule has 2 nitrogen and oxygen atoms in total. The van der Waals surface area contributed by atoms with Crippen molar-refractivity contribution >= 4 is 23.2 Å². The van der Waals surface area contributed by atoms with Crippen LogP contribution in [0.2, 0.25) is 10.0 Å². The lowest BCUT2D eigenvalue weighted by atomic mass is 10.2. The van der Waals surface area contributed by atoms with E-state index in [-0.39, 0.29) is 13.2 Å². The van der Waals surface area contributed by atoms with E-state index in [9.17, 15) is 9.50 Å². The summed E-state index contributed by atoms with van der Waals surface area (Å²) in [6, 6.07) is 9.20. The zero-order valence-corrected chi connectivity index (χ0v) is 11.4. The summed E-state index contributed by atoms with van der Waals surface area (Å²) in [5, 5.41) is 9.98. The number of aliphatic hydroxyl groups is 1. The number of hydrogen-bond acceptors (Lipinski definition) is 2. The minimum absolute atomic E-state index is 0.173. The predicted octanol–water partition coefficient (Wildman–Crippen LogP) is 4.20. The van der Waals surface area contributed by atoms with E-state index in [0.29, 0.717) is 26.9 Å². The van der Waals surface area contributed by atoms with E-state index in [0.717, 1.165) is 0 Å². The van der Waals surface area contributed by atoms with Gasteiger partial charge in [0.15, 0.2) is 0 Å². The molecule has 0 atom stereocenters. The second kappa shape index (κ2) is 6.24. The molecule has 5 heteroatoms. The van der Waals surface area contributed by atoms with Crippen molar-refractivity contribution in [2.45, 2.75) is 13.2 Å². The lowest BCUT2D eigenvalue weighted by Crippen LogP contribution is -2.00. The molecule has 0 unspecified atom stereocenters. The molecule has 2 aromatic carbocycles. The molecule has 0 fully saturated rings. The third kappa shape index (κ3) is 3.38. The second-order valence-corrected chi connectivity index (χ2v) is 4.71. The van der Waals surface area contributed by atoms with Crippen molar-refractivity contribution in [1.82, 2.24) is 0 Å². The van der Waals surface area contributed by atoms with Crippen molar-refractivity contribution in [2.75, 3.05) is 0 Å². The summed E-state index contributed by atoms with van der Waals surface area (Å²) in [6.45, 7) is -0.0430. The second-order valence-electron chi connectivity index (χ2n) is 3.90. The lowest BCUT2D eigenvalue weighted by molar-refractivity contribution is 0.259. The Kier molecular flexibility index (Phi) is 4.64. The first-order chi connectivity index (χ1) is 9.11. The van der Waals surface area contributed by atoms with Crippen molar-refractivity contribution in [2.24, 2.45) is 0 Å². The van der Waals surface area contributed by atoms with Gasteiger partial charge in [0.25, 0.3) is 0 Å². The molecule has 0 radical (unpaired) electrons. The molecule has 0 bridgehead atoms. The number of aliphatic hydroxyl groups excluding tert-OH is 1. The van der Waals surface area contributed by atoms with Gasteiger partial charge in [-0.05, 0) is 24.3 Å². The third-order valence-corrected chi connectivity index (χ3v) is 3.34. The van der Waals surface area contributed by atoms with Gasteiger partial charge in [-0.1, -0.05) is 35.3 Å². The number of rotatable bonds is 4. The summed E-state index contributed by atoms with van der Waals surface area (Å²) in [7, 11) is 0. The van der Waals surface area contributed by atoms with E-state index >= 15 is 0 Å². The average Bonchev–Trinajstić information content (AvgIpc) is 2.38. The fourth-order valence-corrected chi connectivity index (χ4v) is 2.07. The SMILES string of the molecule is OCc1c(Cl)cccc1OCc1ccc(F)cc1Cl. The highest BCUT2D eigenvalue weighted by Gasteiger charge is 2.08. The van der Waals surface area contributed by atoms with E-state index < -0.39 is 5.82 Å². The molecule has 0 heterocycles. The number of benzene rings is 2. The Balaban J connectivity index is 2.17. The molecular formula is C14H11Cl2FO2. The predicted molar refractivity (Wildman–Crippen MR) is 73.1 cm³/mol. The fourth-order valence-electron chi connectivity index (χ4n) is 1.62. The van der Waals surface area contributed by atoms with Crippen molar-refractivity contribution in [3.05, 3.63) is 63.4 Å². The lowest BCUT2D eigenvalue weighted by Gasteiger charge is -2.12. The molecule has 19 heavy (non-hydrogen) atoms. The van der Waals surface area contributed by atoms with Gasteiger partial charge in [-0.25, -0.2) is 4.39 Å². The molecule has 0 amide bonds. The minimum atomic E-state index is -0.396. The van der Waals surface area contributed by atoms with Crippen molar-refractivity contribution in [3.63, 3.8) is 0 Å². The highest BCUT2D eigenvalue weighted by Crippen LogP contribution is 2.28. The van der Waals surface area contributed by atoms with Gasteiger partial charge in [0.1, 0.15) is 18.2 Å². The summed E-state index contributed by atoms with van der Waals surface area (Å²) < 4.78 is 18.5. The van der Waals surface area contributed by atoms with Gasteiger partial charge in [-0.2, -0.15) is 0 Å². The molecular weight excluding hydrogens is 290 g/mol. The van der Waals surface area contributed by atoms with Gasteiger partial charge in [-0.3, -0.25) is 0 Å². The number of hydrogen-bond donors (Lipinski definition) is 1. The normalized spacial score (nSPS) is 10.5. The standard InChI is InChI=1S/C14H11Cl2FO2/c15-12-2-1-3-14(11(12)7-18)19-8-9-4-5-10(17)6-13(9)16/h1-6,18H,7-8H2. The molecule has 2 rings (SSSR count). The highest BCUT2D eigenvalue weighted by molar-refractivity contribution is 6.31. The first-order valence-electron chi connectivity index (χ1n) is 5.57. The Morgan fingerprint density at radius 2 is 1.89 bits per heavy atom.